The number of thiol groups is 1. The zero-order valence-electron chi connectivity index (χ0n) is 7.11. The van der Waals surface area contributed by atoms with E-state index in [4.69, 9.17) is 0 Å². The van der Waals surface area contributed by atoms with E-state index >= 15 is 0 Å². The molecule has 0 atom stereocenters. The van der Waals surface area contributed by atoms with E-state index in [0.29, 0.717) is 5.39 Å². The maximum absolute atomic E-state index is 12.8. The molecule has 0 saturated carbocycles. The van der Waals surface area contributed by atoms with E-state index in [0.717, 1.165) is 5.39 Å². The van der Waals surface area contributed by atoms with Crippen molar-refractivity contribution in [2.24, 2.45) is 0 Å². The molecule has 2 rings (SSSR count). The number of rotatable bonds is 1. The first-order valence-electron chi connectivity index (χ1n) is 4.00. The molecular formula is C10H7FO2S. The van der Waals surface area contributed by atoms with Gasteiger partial charge in [-0.1, -0.05) is 12.1 Å². The number of halogens is 1. The topological polar surface area (TPSA) is 34.1 Å². The Labute approximate surface area is 81.9 Å². The van der Waals surface area contributed by atoms with Gasteiger partial charge in [0.2, 0.25) is 0 Å². The number of benzene rings is 2. The van der Waals surface area contributed by atoms with Crippen LogP contribution in [-0.4, -0.2) is 8.42 Å². The Kier molecular flexibility index (Phi) is 2.21. The van der Waals surface area contributed by atoms with Crippen LogP contribution in [0.25, 0.3) is 10.8 Å². The van der Waals surface area contributed by atoms with Crippen LogP contribution in [0.5, 0.6) is 0 Å². The van der Waals surface area contributed by atoms with Crippen molar-refractivity contribution >= 4 is 21.5 Å². The van der Waals surface area contributed by atoms with Crippen molar-refractivity contribution in [1.82, 2.24) is 0 Å². The molecule has 0 fully saturated rings. The van der Waals surface area contributed by atoms with Crippen LogP contribution >= 0.6 is 0 Å². The normalized spacial score (nSPS) is 11.0. The van der Waals surface area contributed by atoms with Crippen LogP contribution in [0.2, 0.25) is 0 Å². The molecule has 0 unspecified atom stereocenters. The summed E-state index contributed by atoms with van der Waals surface area (Å²) in [6.07, 6.45) is 0. The van der Waals surface area contributed by atoms with Gasteiger partial charge in [0.25, 0.3) is 0 Å². The third-order valence-corrected chi connectivity index (χ3v) is 2.70. The Bertz CT molecular complexity index is 553. The third kappa shape index (κ3) is 1.61. The first-order chi connectivity index (χ1) is 6.66. The first-order valence-corrected chi connectivity index (χ1v) is 5.18. The molecule has 0 aliphatic carbocycles. The van der Waals surface area contributed by atoms with Crippen molar-refractivity contribution in [3.63, 3.8) is 0 Å². The van der Waals surface area contributed by atoms with Crippen LogP contribution in [0.4, 0.5) is 4.39 Å². The lowest BCUT2D eigenvalue weighted by Crippen LogP contribution is -1.81. The van der Waals surface area contributed by atoms with Gasteiger partial charge >= 0.3 is 0 Å². The summed E-state index contributed by atoms with van der Waals surface area (Å²) in [6.45, 7) is 0. The number of hydrogen-bond donors (Lipinski definition) is 1. The minimum Gasteiger partial charge on any atom is -0.227 e. The number of hydrogen-bond acceptors (Lipinski definition) is 2. The summed E-state index contributed by atoms with van der Waals surface area (Å²) in [5.74, 6) is -0.322. The molecular weight excluding hydrogens is 203 g/mol. The van der Waals surface area contributed by atoms with Gasteiger partial charge in [0.15, 0.2) is 10.7 Å². The standard InChI is InChI=1S/C10H7FO2S/c11-9-3-1-8-6-10(14(12)13)4-2-7(8)5-9/h1-6,14H. The quantitative estimate of drug-likeness (QED) is 0.730. The second-order valence-corrected chi connectivity index (χ2v) is 3.96. The summed E-state index contributed by atoms with van der Waals surface area (Å²) < 4.78 is 34.1. The van der Waals surface area contributed by atoms with Gasteiger partial charge in [0.1, 0.15) is 5.82 Å². The SMILES string of the molecule is O=[SH](=O)c1ccc2cc(F)ccc2c1. The average molecular weight is 210 g/mol. The third-order valence-electron chi connectivity index (χ3n) is 2.00. The Balaban J connectivity index is 2.73. The second-order valence-electron chi connectivity index (χ2n) is 2.93. The minimum absolute atomic E-state index is 0.249. The average Bonchev–Trinajstić information content (AvgIpc) is 2.16. The Morgan fingerprint density at radius 2 is 1.57 bits per heavy atom. The molecule has 0 heterocycles. The Morgan fingerprint density at radius 3 is 2.29 bits per heavy atom. The van der Waals surface area contributed by atoms with E-state index in [-0.39, 0.29) is 10.7 Å². The lowest BCUT2D eigenvalue weighted by Gasteiger charge is -1.98. The summed E-state index contributed by atoms with van der Waals surface area (Å²) >= 11 is 0. The van der Waals surface area contributed by atoms with Gasteiger partial charge in [0.05, 0.1) is 4.90 Å². The van der Waals surface area contributed by atoms with Gasteiger partial charge < -0.3 is 0 Å². The highest BCUT2D eigenvalue weighted by Crippen LogP contribution is 2.17. The van der Waals surface area contributed by atoms with Gasteiger partial charge in [0, 0.05) is 0 Å². The van der Waals surface area contributed by atoms with Crippen LogP contribution in [0, 0.1) is 5.82 Å². The molecule has 2 aromatic rings. The molecule has 0 aromatic heterocycles. The van der Waals surface area contributed by atoms with Crippen LogP contribution in [-0.2, 0) is 10.7 Å². The van der Waals surface area contributed by atoms with Crippen molar-refractivity contribution < 1.29 is 12.8 Å². The lowest BCUT2D eigenvalue weighted by molar-refractivity contribution is 0.614. The minimum atomic E-state index is -2.57. The van der Waals surface area contributed by atoms with E-state index < -0.39 is 10.7 Å². The summed E-state index contributed by atoms with van der Waals surface area (Å²) in [6, 6.07) is 8.83. The van der Waals surface area contributed by atoms with Gasteiger partial charge in [-0.3, -0.25) is 0 Å². The van der Waals surface area contributed by atoms with E-state index in [1.165, 1.54) is 24.3 Å². The smallest absolute Gasteiger partial charge is 0.168 e. The number of fused-ring (bicyclic) bond motifs is 1. The Morgan fingerprint density at radius 1 is 0.929 bits per heavy atom. The maximum atomic E-state index is 12.8. The van der Waals surface area contributed by atoms with E-state index in [2.05, 4.69) is 0 Å². The predicted molar refractivity (Wildman–Crippen MR) is 52.5 cm³/mol. The summed E-state index contributed by atoms with van der Waals surface area (Å²) in [7, 11) is -2.57. The monoisotopic (exact) mass is 210 g/mol. The van der Waals surface area contributed by atoms with Gasteiger partial charge in [-0.15, -0.1) is 0 Å². The first kappa shape index (κ1) is 9.15. The molecule has 0 aliphatic rings. The fourth-order valence-corrected chi connectivity index (χ4v) is 1.76. The van der Waals surface area contributed by atoms with Crippen molar-refractivity contribution in [1.29, 1.82) is 0 Å². The molecule has 0 N–H and O–H groups in total. The van der Waals surface area contributed by atoms with Crippen LogP contribution in [0.3, 0.4) is 0 Å². The molecule has 14 heavy (non-hydrogen) atoms. The van der Waals surface area contributed by atoms with Gasteiger partial charge in [-0.25, -0.2) is 12.8 Å². The van der Waals surface area contributed by atoms with E-state index in [1.807, 2.05) is 0 Å². The predicted octanol–water partition coefficient (Wildman–Crippen LogP) is 1.95. The molecule has 0 radical (unpaired) electrons. The van der Waals surface area contributed by atoms with E-state index in [1.54, 1.807) is 12.1 Å². The molecule has 2 nitrogen and oxygen atoms in total. The molecule has 0 bridgehead atoms. The largest absolute Gasteiger partial charge is 0.227 e. The summed E-state index contributed by atoms with van der Waals surface area (Å²) in [5, 5.41) is 1.42. The van der Waals surface area contributed by atoms with Gasteiger partial charge in [-0.05, 0) is 35.0 Å². The van der Waals surface area contributed by atoms with Crippen molar-refractivity contribution in [2.45, 2.75) is 4.90 Å². The molecule has 0 spiro atoms. The molecule has 0 aliphatic heterocycles. The van der Waals surface area contributed by atoms with E-state index in [9.17, 15) is 12.8 Å². The highest BCUT2D eigenvalue weighted by atomic mass is 32.2. The molecule has 72 valence electrons. The molecule has 0 saturated heterocycles. The van der Waals surface area contributed by atoms with Crippen molar-refractivity contribution in [3.05, 3.63) is 42.2 Å². The van der Waals surface area contributed by atoms with Crippen LogP contribution in [0.1, 0.15) is 0 Å². The molecule has 0 amide bonds. The highest BCUT2D eigenvalue weighted by molar-refractivity contribution is 7.72. The van der Waals surface area contributed by atoms with Crippen LogP contribution in [0.15, 0.2) is 41.3 Å². The van der Waals surface area contributed by atoms with Crippen molar-refractivity contribution in [2.75, 3.05) is 0 Å². The zero-order chi connectivity index (χ0) is 10.1. The maximum Gasteiger partial charge on any atom is 0.168 e. The molecule has 4 heteroatoms. The lowest BCUT2D eigenvalue weighted by atomic mass is 10.1. The second kappa shape index (κ2) is 3.38. The van der Waals surface area contributed by atoms with Gasteiger partial charge in [-0.2, -0.15) is 0 Å². The van der Waals surface area contributed by atoms with Crippen molar-refractivity contribution in [3.8, 4) is 0 Å². The summed E-state index contributed by atoms with van der Waals surface area (Å²) in [4.78, 5) is 0.249. The van der Waals surface area contributed by atoms with Crippen LogP contribution < -0.4 is 0 Å². The summed E-state index contributed by atoms with van der Waals surface area (Å²) in [5.41, 5.74) is 0. The zero-order valence-corrected chi connectivity index (χ0v) is 8.00. The fraction of sp³-hybridized carbons (Fsp3) is 0. The molecule has 2 aromatic carbocycles. The fourth-order valence-electron chi connectivity index (χ4n) is 1.32. The Hall–Kier alpha value is -1.42. The highest BCUT2D eigenvalue weighted by Gasteiger charge is 1.99.